The Bertz CT molecular complexity index is 1420. The van der Waals surface area contributed by atoms with E-state index in [0.717, 1.165) is 13.2 Å². The highest BCUT2D eigenvalue weighted by atomic mass is 35.5. The molecule has 0 aliphatic carbocycles. The molecule has 2 aliphatic heterocycles. The van der Waals surface area contributed by atoms with Gasteiger partial charge >= 0.3 is 11.9 Å². The molecular formula is C24H25ClF2N4O6S2. The van der Waals surface area contributed by atoms with Crippen LogP contribution in [0, 0.1) is 17.6 Å². The van der Waals surface area contributed by atoms with Crippen molar-refractivity contribution in [1.82, 2.24) is 14.6 Å². The Morgan fingerprint density at radius 3 is 2.59 bits per heavy atom. The standard InChI is InChI=1S/C24H25ClF2N4O6S2/c1-3-37-24(33)17-20(13-6-9-31(10-7-13)39(34,35)12-16(32)36-2)29-22(23-28-8-11-38-23)30-21(17)14-4-5-15(26)19(27)18(14)25/h4-5,8,11,13,21H,3,6-7,9-10,12H2,1-2H3,(H,29,30). The molecule has 0 radical (unpaired) electrons. The van der Waals surface area contributed by atoms with Crippen LogP contribution in [0.1, 0.15) is 36.4 Å². The molecule has 0 spiro atoms. The molecule has 0 saturated carbocycles. The molecule has 1 unspecified atom stereocenters. The average molecular weight is 603 g/mol. The lowest BCUT2D eigenvalue weighted by molar-refractivity contribution is -0.139. The lowest BCUT2D eigenvalue weighted by Gasteiger charge is -2.36. The van der Waals surface area contributed by atoms with Gasteiger partial charge in [-0.15, -0.1) is 11.3 Å². The molecule has 2 aromatic rings. The van der Waals surface area contributed by atoms with Crippen molar-refractivity contribution >= 4 is 50.7 Å². The van der Waals surface area contributed by atoms with E-state index in [1.165, 1.54) is 21.7 Å². The van der Waals surface area contributed by atoms with E-state index >= 15 is 0 Å². The molecule has 3 heterocycles. The molecule has 10 nitrogen and oxygen atoms in total. The molecule has 1 atom stereocenters. The predicted octanol–water partition coefficient (Wildman–Crippen LogP) is 3.20. The summed E-state index contributed by atoms with van der Waals surface area (Å²) >= 11 is 7.48. The van der Waals surface area contributed by atoms with Crippen molar-refractivity contribution in [2.24, 2.45) is 10.9 Å². The van der Waals surface area contributed by atoms with Crippen LogP contribution >= 0.6 is 22.9 Å². The summed E-state index contributed by atoms with van der Waals surface area (Å²) in [5.41, 5.74) is 0.523. The van der Waals surface area contributed by atoms with Crippen LogP contribution in [0.4, 0.5) is 8.78 Å². The average Bonchev–Trinajstić information content (AvgIpc) is 3.46. The Balaban J connectivity index is 1.76. The Kier molecular flexibility index (Phi) is 8.99. The third-order valence-corrected chi connectivity index (χ3v) is 9.26. The van der Waals surface area contributed by atoms with Gasteiger partial charge in [0, 0.05) is 41.8 Å². The van der Waals surface area contributed by atoms with Crippen molar-refractivity contribution in [2.45, 2.75) is 25.8 Å². The van der Waals surface area contributed by atoms with Gasteiger partial charge in [-0.3, -0.25) is 9.79 Å². The number of amidine groups is 1. The molecule has 2 aliphatic rings. The van der Waals surface area contributed by atoms with Crippen LogP contribution in [0.3, 0.4) is 0 Å². The van der Waals surface area contributed by atoms with Gasteiger partial charge in [-0.1, -0.05) is 17.7 Å². The number of thiazole rings is 1. The zero-order valence-corrected chi connectivity index (χ0v) is 23.3. The topological polar surface area (TPSA) is 127 Å². The fraction of sp³-hybridized carbons (Fsp3) is 0.417. The zero-order valence-electron chi connectivity index (χ0n) is 20.9. The lowest BCUT2D eigenvalue weighted by Crippen LogP contribution is -2.44. The number of aromatic nitrogens is 1. The van der Waals surface area contributed by atoms with Crippen LogP contribution in [0.25, 0.3) is 0 Å². The number of piperidine rings is 1. The maximum Gasteiger partial charge on any atom is 0.338 e. The summed E-state index contributed by atoms with van der Waals surface area (Å²) in [7, 11) is -2.79. The fourth-order valence-electron chi connectivity index (χ4n) is 4.47. The normalized spacial score (nSPS) is 18.9. The van der Waals surface area contributed by atoms with Gasteiger partial charge in [-0.05, 0) is 25.8 Å². The predicted molar refractivity (Wildman–Crippen MR) is 140 cm³/mol. The third kappa shape index (κ3) is 6.13. The van der Waals surface area contributed by atoms with E-state index in [1.807, 2.05) is 0 Å². The minimum absolute atomic E-state index is 0.0428. The van der Waals surface area contributed by atoms with Crippen LogP contribution in [-0.2, 0) is 29.1 Å². The molecule has 39 heavy (non-hydrogen) atoms. The van der Waals surface area contributed by atoms with Crippen molar-refractivity contribution < 1.29 is 36.3 Å². The van der Waals surface area contributed by atoms with Crippen LogP contribution in [0.5, 0.6) is 0 Å². The molecule has 0 bridgehead atoms. The Morgan fingerprint density at radius 1 is 1.26 bits per heavy atom. The van der Waals surface area contributed by atoms with Gasteiger partial charge in [0.2, 0.25) is 10.0 Å². The first kappa shape index (κ1) is 29.1. The minimum atomic E-state index is -3.90. The second-order valence-electron chi connectivity index (χ2n) is 8.66. The number of rotatable bonds is 8. The molecule has 210 valence electrons. The zero-order chi connectivity index (χ0) is 28.3. The Hall–Kier alpha value is -2.94. The Morgan fingerprint density at radius 2 is 1.97 bits per heavy atom. The molecule has 4 rings (SSSR count). The summed E-state index contributed by atoms with van der Waals surface area (Å²) < 4.78 is 64.7. The van der Waals surface area contributed by atoms with Gasteiger partial charge in [-0.2, -0.15) is 0 Å². The molecule has 1 fully saturated rings. The number of ether oxygens (including phenoxy) is 2. The van der Waals surface area contributed by atoms with Crippen LogP contribution in [0.15, 0.2) is 40.0 Å². The lowest BCUT2D eigenvalue weighted by atomic mass is 9.86. The quantitative estimate of drug-likeness (QED) is 0.361. The highest BCUT2D eigenvalue weighted by Crippen LogP contribution is 2.41. The first-order chi connectivity index (χ1) is 18.6. The molecule has 1 saturated heterocycles. The summed E-state index contributed by atoms with van der Waals surface area (Å²) in [4.78, 5) is 33.8. The largest absolute Gasteiger partial charge is 0.468 e. The summed E-state index contributed by atoms with van der Waals surface area (Å²) in [5, 5.41) is 4.87. The summed E-state index contributed by atoms with van der Waals surface area (Å²) in [5.74, 6) is -4.87. The second kappa shape index (κ2) is 12.1. The fourth-order valence-corrected chi connectivity index (χ4v) is 6.68. The highest BCUT2D eigenvalue weighted by molar-refractivity contribution is 7.89. The maximum absolute atomic E-state index is 14.5. The van der Waals surface area contributed by atoms with Gasteiger partial charge in [0.25, 0.3) is 0 Å². The number of nitrogens with one attached hydrogen (secondary N) is 1. The SMILES string of the molecule is CCOC(=O)C1=C(C2CCN(S(=O)(=O)CC(=O)OC)CC2)NC(c2nccs2)=NC1c1ccc(F)c(F)c1Cl. The second-order valence-corrected chi connectivity index (χ2v) is 11.9. The number of hydrogen-bond donors (Lipinski definition) is 1. The van der Waals surface area contributed by atoms with E-state index in [-0.39, 0.29) is 49.6 Å². The number of sulfonamides is 1. The maximum atomic E-state index is 14.5. The molecule has 0 amide bonds. The monoisotopic (exact) mass is 602 g/mol. The van der Waals surface area contributed by atoms with Crippen molar-refractivity contribution in [2.75, 3.05) is 32.6 Å². The van der Waals surface area contributed by atoms with E-state index < -0.39 is 50.4 Å². The van der Waals surface area contributed by atoms with Crippen LogP contribution < -0.4 is 5.32 Å². The van der Waals surface area contributed by atoms with E-state index in [2.05, 4.69) is 20.0 Å². The molecular weight excluding hydrogens is 578 g/mol. The number of hydrogen-bond acceptors (Lipinski definition) is 10. The van der Waals surface area contributed by atoms with Gasteiger partial charge in [0.1, 0.15) is 6.04 Å². The number of benzene rings is 1. The molecule has 15 heteroatoms. The number of aliphatic imine (C=N–C) groups is 1. The van der Waals surface area contributed by atoms with Gasteiger partial charge in [0.15, 0.2) is 28.2 Å². The summed E-state index contributed by atoms with van der Waals surface area (Å²) in [6, 6.07) is 1.02. The number of carbonyl (C=O) groups excluding carboxylic acids is 2. The van der Waals surface area contributed by atoms with E-state index in [9.17, 15) is 26.8 Å². The number of methoxy groups -OCH3 is 1. The van der Waals surface area contributed by atoms with Crippen LogP contribution in [-0.4, -0.2) is 68.0 Å². The molecule has 1 aromatic heterocycles. The van der Waals surface area contributed by atoms with Crippen molar-refractivity contribution in [1.29, 1.82) is 0 Å². The van der Waals surface area contributed by atoms with Crippen molar-refractivity contribution in [3.05, 3.63) is 62.2 Å². The first-order valence-corrected chi connectivity index (χ1v) is 14.8. The van der Waals surface area contributed by atoms with Crippen molar-refractivity contribution in [3.8, 4) is 0 Å². The van der Waals surface area contributed by atoms with Gasteiger partial charge in [-0.25, -0.2) is 31.3 Å². The van der Waals surface area contributed by atoms with E-state index in [0.29, 0.717) is 16.5 Å². The molecule has 1 aromatic carbocycles. The van der Waals surface area contributed by atoms with Crippen LogP contribution in [0.2, 0.25) is 5.02 Å². The number of allylic oxidation sites excluding steroid dienone is 1. The number of esters is 2. The summed E-state index contributed by atoms with van der Waals surface area (Å²) in [6.45, 7) is 1.82. The van der Waals surface area contributed by atoms with Crippen molar-refractivity contribution in [3.63, 3.8) is 0 Å². The van der Waals surface area contributed by atoms with E-state index in [4.69, 9.17) is 16.3 Å². The number of carbonyl (C=O) groups is 2. The Labute approximate surface area is 232 Å². The molecule has 1 N–H and O–H groups in total. The van der Waals surface area contributed by atoms with E-state index in [1.54, 1.807) is 18.5 Å². The smallest absolute Gasteiger partial charge is 0.338 e. The number of halogens is 3. The number of nitrogens with zero attached hydrogens (tertiary/aromatic N) is 3. The third-order valence-electron chi connectivity index (χ3n) is 6.35. The first-order valence-electron chi connectivity index (χ1n) is 11.9. The van der Waals surface area contributed by atoms with Gasteiger partial charge in [0.05, 0.1) is 24.3 Å². The highest BCUT2D eigenvalue weighted by Gasteiger charge is 2.39. The minimum Gasteiger partial charge on any atom is -0.468 e. The van der Waals surface area contributed by atoms with Gasteiger partial charge < -0.3 is 14.8 Å². The summed E-state index contributed by atoms with van der Waals surface area (Å²) in [6.07, 6.45) is 2.14.